The Morgan fingerprint density at radius 1 is 1.40 bits per heavy atom. The number of hydrogen-bond donors (Lipinski definition) is 1. The minimum atomic E-state index is -0.683. The van der Waals surface area contributed by atoms with Gasteiger partial charge in [-0.2, -0.15) is 0 Å². The number of ketones is 2. The van der Waals surface area contributed by atoms with E-state index in [0.717, 1.165) is 6.08 Å². The molecule has 0 aromatic carbocycles. The van der Waals surface area contributed by atoms with Gasteiger partial charge in [-0.05, 0) is 0 Å². The van der Waals surface area contributed by atoms with Gasteiger partial charge >= 0.3 is 0 Å². The molecule has 0 amide bonds. The molecule has 1 aliphatic heterocycles. The summed E-state index contributed by atoms with van der Waals surface area (Å²) in [6.07, 6.45) is -0.364. The van der Waals surface area contributed by atoms with E-state index in [1.165, 1.54) is 0 Å². The lowest BCUT2D eigenvalue weighted by atomic mass is 10.0. The monoisotopic (exact) mass is 140 g/mol. The van der Waals surface area contributed by atoms with Gasteiger partial charge in [0.25, 0.3) is 0 Å². The molecule has 1 saturated heterocycles. The predicted octanol–water partition coefficient (Wildman–Crippen LogP) is -0.653. The van der Waals surface area contributed by atoms with Gasteiger partial charge in [0, 0.05) is 6.08 Å². The molecular formula is C6H4O4. The van der Waals surface area contributed by atoms with Crippen molar-refractivity contribution >= 4 is 11.6 Å². The van der Waals surface area contributed by atoms with Crippen LogP contribution in [0, 0.1) is 0 Å². The first-order chi connectivity index (χ1) is 4.70. The Morgan fingerprint density at radius 2 is 2.10 bits per heavy atom. The zero-order chi connectivity index (χ0) is 7.30. The smallest absolute Gasteiger partial charge is 0.229 e. The maximum absolute atomic E-state index is 10.7. The second-order valence-corrected chi connectivity index (χ2v) is 2.27. The molecule has 0 bridgehead atoms. The van der Waals surface area contributed by atoms with Gasteiger partial charge in [0.05, 0.1) is 0 Å². The van der Waals surface area contributed by atoms with Crippen LogP contribution in [0.3, 0.4) is 0 Å². The molecule has 2 unspecified atom stereocenters. The Labute approximate surface area is 56.1 Å². The summed E-state index contributed by atoms with van der Waals surface area (Å²) in [5.41, 5.74) is 0. The highest BCUT2D eigenvalue weighted by molar-refractivity contribution is 6.14. The van der Waals surface area contributed by atoms with Gasteiger partial charge in [0.15, 0.2) is 23.8 Å². The van der Waals surface area contributed by atoms with Crippen LogP contribution < -0.4 is 0 Å². The van der Waals surface area contributed by atoms with E-state index in [1.54, 1.807) is 0 Å². The van der Waals surface area contributed by atoms with E-state index in [4.69, 9.17) is 5.11 Å². The van der Waals surface area contributed by atoms with Crippen LogP contribution in [0.15, 0.2) is 11.8 Å². The summed E-state index contributed by atoms with van der Waals surface area (Å²) < 4.78 is 4.66. The van der Waals surface area contributed by atoms with E-state index in [-0.39, 0.29) is 5.78 Å². The minimum absolute atomic E-state index is 0.317. The number of Topliss-reactive ketones (excluding diaryl/α,β-unsaturated/α-hetero) is 1. The average molecular weight is 140 g/mol. The fraction of sp³-hybridized carbons (Fsp3) is 0.333. The molecule has 2 rings (SSSR count). The van der Waals surface area contributed by atoms with Crippen LogP contribution in [-0.4, -0.2) is 28.9 Å². The standard InChI is InChI=1S/C6H4O4/c7-2-1-3(8)5-6(10-5)4(2)9/h1,5-7H. The lowest BCUT2D eigenvalue weighted by Crippen LogP contribution is -2.22. The Balaban J connectivity index is 2.39. The molecule has 0 aromatic rings. The summed E-state index contributed by atoms with van der Waals surface area (Å²) in [5.74, 6) is -1.28. The molecule has 1 aliphatic carbocycles. The second kappa shape index (κ2) is 1.46. The van der Waals surface area contributed by atoms with Crippen molar-refractivity contribution in [2.45, 2.75) is 12.2 Å². The molecule has 0 aromatic heterocycles. The van der Waals surface area contributed by atoms with Crippen LogP contribution in [0.5, 0.6) is 0 Å². The average Bonchev–Trinajstić information content (AvgIpc) is 2.61. The summed E-state index contributed by atoms with van der Waals surface area (Å²) in [6, 6.07) is 0. The molecule has 52 valence electrons. The van der Waals surface area contributed by atoms with Gasteiger partial charge in [-0.15, -0.1) is 0 Å². The van der Waals surface area contributed by atoms with Crippen LogP contribution in [0.4, 0.5) is 0 Å². The summed E-state index contributed by atoms with van der Waals surface area (Å²) in [6.45, 7) is 0. The van der Waals surface area contributed by atoms with Gasteiger partial charge in [0.2, 0.25) is 5.78 Å². The number of carbonyl (C=O) groups is 2. The second-order valence-electron chi connectivity index (χ2n) is 2.27. The van der Waals surface area contributed by atoms with Crippen molar-refractivity contribution in [3.63, 3.8) is 0 Å². The third-order valence-corrected chi connectivity index (χ3v) is 1.56. The van der Waals surface area contributed by atoms with Crippen molar-refractivity contribution < 1.29 is 19.4 Å². The summed E-state index contributed by atoms with van der Waals surface area (Å²) >= 11 is 0. The first-order valence-corrected chi connectivity index (χ1v) is 2.84. The Bertz CT molecular complexity index is 252. The fourth-order valence-corrected chi connectivity index (χ4v) is 0.962. The maximum atomic E-state index is 10.7. The van der Waals surface area contributed by atoms with Crippen molar-refractivity contribution in [2.24, 2.45) is 0 Å². The van der Waals surface area contributed by atoms with Crippen molar-refractivity contribution in [3.8, 4) is 0 Å². The zero-order valence-electron chi connectivity index (χ0n) is 4.90. The predicted molar refractivity (Wildman–Crippen MR) is 29.4 cm³/mol. The minimum Gasteiger partial charge on any atom is -0.504 e. The molecule has 10 heavy (non-hydrogen) atoms. The van der Waals surface area contributed by atoms with Crippen LogP contribution in [0.25, 0.3) is 0 Å². The molecule has 1 N–H and O–H groups in total. The van der Waals surface area contributed by atoms with E-state index in [1.807, 2.05) is 0 Å². The molecule has 0 radical (unpaired) electrons. The molecule has 1 heterocycles. The number of ether oxygens (including phenoxy) is 1. The van der Waals surface area contributed by atoms with E-state index >= 15 is 0 Å². The third kappa shape index (κ3) is 0.537. The molecular weight excluding hydrogens is 136 g/mol. The number of fused-ring (bicyclic) bond motifs is 1. The Morgan fingerprint density at radius 3 is 2.80 bits per heavy atom. The summed E-state index contributed by atoms with van der Waals surface area (Å²) in [5, 5.41) is 8.76. The molecule has 2 aliphatic rings. The molecule has 0 spiro atoms. The Hall–Kier alpha value is -1.16. The highest BCUT2D eigenvalue weighted by Crippen LogP contribution is 2.30. The molecule has 1 fully saturated rings. The fourth-order valence-electron chi connectivity index (χ4n) is 0.962. The topological polar surface area (TPSA) is 66.9 Å². The quantitative estimate of drug-likeness (QED) is 0.454. The number of hydrogen-bond acceptors (Lipinski definition) is 4. The number of aliphatic hydroxyl groups is 1. The first kappa shape index (κ1) is 5.61. The summed E-state index contributed by atoms with van der Waals surface area (Å²) in [4.78, 5) is 21.4. The zero-order valence-corrected chi connectivity index (χ0v) is 4.90. The van der Waals surface area contributed by atoms with Crippen molar-refractivity contribution in [2.75, 3.05) is 0 Å². The van der Waals surface area contributed by atoms with Crippen molar-refractivity contribution in [1.29, 1.82) is 0 Å². The molecule has 2 atom stereocenters. The maximum Gasteiger partial charge on any atom is 0.229 e. The third-order valence-electron chi connectivity index (χ3n) is 1.56. The number of rotatable bonds is 0. The first-order valence-electron chi connectivity index (χ1n) is 2.84. The number of aliphatic hydroxyl groups excluding tert-OH is 1. The lowest BCUT2D eigenvalue weighted by Gasteiger charge is -1.98. The van der Waals surface area contributed by atoms with E-state index < -0.39 is 23.8 Å². The summed E-state index contributed by atoms with van der Waals surface area (Å²) in [7, 11) is 0. The highest BCUT2D eigenvalue weighted by Gasteiger charge is 2.53. The van der Waals surface area contributed by atoms with Gasteiger partial charge in [-0.1, -0.05) is 0 Å². The SMILES string of the molecule is O=C1C=C(O)C(=O)C2OC12. The lowest BCUT2D eigenvalue weighted by molar-refractivity contribution is -0.121. The van der Waals surface area contributed by atoms with Crippen LogP contribution >= 0.6 is 0 Å². The van der Waals surface area contributed by atoms with Crippen molar-refractivity contribution in [3.05, 3.63) is 11.8 Å². The van der Waals surface area contributed by atoms with Gasteiger partial charge in [0.1, 0.15) is 0 Å². The highest BCUT2D eigenvalue weighted by atomic mass is 16.6. The molecule has 0 saturated carbocycles. The number of epoxide rings is 1. The van der Waals surface area contributed by atoms with Crippen LogP contribution in [0.2, 0.25) is 0 Å². The largest absolute Gasteiger partial charge is 0.504 e. The van der Waals surface area contributed by atoms with Crippen LogP contribution in [0.1, 0.15) is 0 Å². The normalized spacial score (nSPS) is 37.0. The van der Waals surface area contributed by atoms with Crippen molar-refractivity contribution in [1.82, 2.24) is 0 Å². The molecule has 4 nitrogen and oxygen atoms in total. The van der Waals surface area contributed by atoms with E-state index in [2.05, 4.69) is 4.74 Å². The number of carbonyl (C=O) groups excluding carboxylic acids is 2. The van der Waals surface area contributed by atoms with Gasteiger partial charge in [-0.25, -0.2) is 0 Å². The Kier molecular flexibility index (Phi) is 0.820. The van der Waals surface area contributed by atoms with E-state index in [0.29, 0.717) is 0 Å². The van der Waals surface area contributed by atoms with Gasteiger partial charge in [-0.3, -0.25) is 9.59 Å². The van der Waals surface area contributed by atoms with E-state index in [9.17, 15) is 9.59 Å². The molecule has 4 heteroatoms. The van der Waals surface area contributed by atoms with Gasteiger partial charge < -0.3 is 9.84 Å². The van der Waals surface area contributed by atoms with Crippen LogP contribution in [-0.2, 0) is 14.3 Å².